The largest absolute Gasteiger partial charge is 0.465 e. The third-order valence-electron chi connectivity index (χ3n) is 3.24. The number of rotatable bonds is 5. The van der Waals surface area contributed by atoms with Crippen LogP contribution in [0.5, 0.6) is 0 Å². The van der Waals surface area contributed by atoms with Crippen molar-refractivity contribution in [3.8, 4) is 0 Å². The molecule has 2 rings (SSSR count). The van der Waals surface area contributed by atoms with Crippen molar-refractivity contribution in [1.82, 2.24) is 4.90 Å². The third-order valence-corrected chi connectivity index (χ3v) is 3.24. The number of morpholine rings is 1. The number of nitrogens with one attached hydrogen (secondary N) is 1. The molecule has 0 bridgehead atoms. The number of anilines is 1. The molecule has 1 aliphatic rings. The molecule has 1 fully saturated rings. The first-order valence-corrected chi connectivity index (χ1v) is 7.18. The summed E-state index contributed by atoms with van der Waals surface area (Å²) in [5, 5.41) is 2.76. The monoisotopic (exact) mass is 310 g/mol. The van der Waals surface area contributed by atoms with Crippen LogP contribution in [-0.2, 0) is 14.3 Å². The molecule has 7 heteroatoms. The van der Waals surface area contributed by atoms with Crippen LogP contribution >= 0.6 is 0 Å². The Labute approximate surface area is 128 Å². The van der Waals surface area contributed by atoms with Gasteiger partial charge < -0.3 is 19.7 Å². The van der Waals surface area contributed by atoms with Crippen LogP contribution in [0.3, 0.4) is 0 Å². The highest BCUT2D eigenvalue weighted by Gasteiger charge is 2.21. The quantitative estimate of drug-likeness (QED) is 0.830. The van der Waals surface area contributed by atoms with E-state index in [9.17, 15) is 14.0 Å². The second-order valence-electron chi connectivity index (χ2n) is 4.76. The maximum Gasteiger partial charge on any atom is 0.325 e. The second kappa shape index (κ2) is 7.74. The van der Waals surface area contributed by atoms with Gasteiger partial charge in [0.15, 0.2) is 0 Å². The molecule has 120 valence electrons. The number of amides is 1. The predicted octanol–water partition coefficient (Wildman–Crippen LogP) is 1.27. The Morgan fingerprint density at radius 3 is 2.73 bits per heavy atom. The summed E-state index contributed by atoms with van der Waals surface area (Å²) in [5.41, 5.74) is 0.438. The van der Waals surface area contributed by atoms with E-state index in [1.54, 1.807) is 17.9 Å². The molecule has 0 radical (unpaired) electrons. The molecular weight excluding hydrogens is 291 g/mol. The summed E-state index contributed by atoms with van der Waals surface area (Å²) in [4.78, 5) is 25.0. The number of nitrogens with zero attached hydrogens (tertiary/aromatic N) is 1. The molecule has 22 heavy (non-hydrogen) atoms. The highest BCUT2D eigenvalue weighted by molar-refractivity contribution is 5.95. The third kappa shape index (κ3) is 4.17. The molecular formula is C15H19FN2O4. The Morgan fingerprint density at radius 2 is 2.09 bits per heavy atom. The summed E-state index contributed by atoms with van der Waals surface area (Å²) in [5.74, 6) is -1.39. The zero-order valence-electron chi connectivity index (χ0n) is 12.4. The lowest BCUT2D eigenvalue weighted by molar-refractivity contribution is -0.140. The normalized spacial score (nSPS) is 14.5. The number of ether oxygens (including phenoxy) is 2. The summed E-state index contributed by atoms with van der Waals surface area (Å²) in [6.45, 7) is 3.80. The van der Waals surface area contributed by atoms with Crippen molar-refractivity contribution in [2.45, 2.75) is 6.92 Å². The summed E-state index contributed by atoms with van der Waals surface area (Å²) >= 11 is 0. The van der Waals surface area contributed by atoms with Crippen molar-refractivity contribution < 1.29 is 23.5 Å². The molecule has 0 unspecified atom stereocenters. The van der Waals surface area contributed by atoms with Gasteiger partial charge in [-0.3, -0.25) is 9.59 Å². The van der Waals surface area contributed by atoms with E-state index in [1.807, 2.05) is 0 Å². The number of carbonyl (C=O) groups excluding carboxylic acids is 2. The van der Waals surface area contributed by atoms with E-state index in [0.717, 1.165) is 0 Å². The summed E-state index contributed by atoms with van der Waals surface area (Å²) in [6.07, 6.45) is 0. The van der Waals surface area contributed by atoms with Gasteiger partial charge >= 0.3 is 5.97 Å². The maximum absolute atomic E-state index is 14.1. The number of hydrogen-bond acceptors (Lipinski definition) is 5. The predicted molar refractivity (Wildman–Crippen MR) is 78.2 cm³/mol. The van der Waals surface area contributed by atoms with Gasteiger partial charge in [0.05, 0.1) is 25.4 Å². The number of carbonyl (C=O) groups is 2. The van der Waals surface area contributed by atoms with E-state index in [1.165, 1.54) is 12.1 Å². The molecule has 0 aromatic heterocycles. The van der Waals surface area contributed by atoms with Crippen LogP contribution < -0.4 is 5.32 Å². The van der Waals surface area contributed by atoms with Crippen molar-refractivity contribution >= 4 is 17.6 Å². The minimum Gasteiger partial charge on any atom is -0.465 e. The van der Waals surface area contributed by atoms with Crippen molar-refractivity contribution in [3.63, 3.8) is 0 Å². The van der Waals surface area contributed by atoms with E-state index in [2.05, 4.69) is 5.32 Å². The lowest BCUT2D eigenvalue weighted by atomic mass is 10.1. The van der Waals surface area contributed by atoms with Gasteiger partial charge in [-0.2, -0.15) is 0 Å². The van der Waals surface area contributed by atoms with Crippen LogP contribution in [0, 0.1) is 5.82 Å². The van der Waals surface area contributed by atoms with Crippen LogP contribution in [-0.4, -0.2) is 56.2 Å². The smallest absolute Gasteiger partial charge is 0.325 e. The summed E-state index contributed by atoms with van der Waals surface area (Å²) in [6, 6.07) is 4.18. The molecule has 1 N–H and O–H groups in total. The average Bonchev–Trinajstić information content (AvgIpc) is 2.53. The zero-order chi connectivity index (χ0) is 15.9. The molecule has 0 aliphatic carbocycles. The molecule has 6 nitrogen and oxygen atoms in total. The fourth-order valence-corrected chi connectivity index (χ4v) is 2.12. The fourth-order valence-electron chi connectivity index (χ4n) is 2.12. The molecule has 0 saturated carbocycles. The number of benzene rings is 1. The lowest BCUT2D eigenvalue weighted by Gasteiger charge is -2.27. The van der Waals surface area contributed by atoms with Crippen molar-refractivity contribution in [2.24, 2.45) is 0 Å². The summed E-state index contributed by atoms with van der Waals surface area (Å²) < 4.78 is 24.0. The Morgan fingerprint density at radius 1 is 1.36 bits per heavy atom. The van der Waals surface area contributed by atoms with Gasteiger partial charge in [-0.15, -0.1) is 0 Å². The Balaban J connectivity index is 1.99. The minimum atomic E-state index is -0.620. The van der Waals surface area contributed by atoms with Gasteiger partial charge in [0.2, 0.25) is 0 Å². The lowest BCUT2D eigenvalue weighted by Crippen LogP contribution is -2.41. The van der Waals surface area contributed by atoms with Crippen molar-refractivity contribution in [3.05, 3.63) is 29.6 Å². The first-order chi connectivity index (χ1) is 10.6. The molecule has 1 heterocycles. The molecule has 0 atom stereocenters. The molecule has 1 saturated heterocycles. The zero-order valence-corrected chi connectivity index (χ0v) is 12.4. The maximum atomic E-state index is 14.1. The highest BCUT2D eigenvalue weighted by Crippen LogP contribution is 2.17. The number of esters is 1. The minimum absolute atomic E-state index is 0.0172. The Kier molecular flexibility index (Phi) is 5.71. The van der Waals surface area contributed by atoms with Gasteiger partial charge in [-0.25, -0.2) is 4.39 Å². The Hall–Kier alpha value is -2.15. The highest BCUT2D eigenvalue weighted by atomic mass is 19.1. The number of halogens is 1. The van der Waals surface area contributed by atoms with Crippen molar-refractivity contribution in [2.75, 3.05) is 44.8 Å². The van der Waals surface area contributed by atoms with Crippen LogP contribution in [0.2, 0.25) is 0 Å². The molecule has 1 aromatic carbocycles. The summed E-state index contributed by atoms with van der Waals surface area (Å²) in [7, 11) is 0. The fraction of sp³-hybridized carbons (Fsp3) is 0.467. The molecule has 0 spiro atoms. The molecule has 1 amide bonds. The van der Waals surface area contributed by atoms with E-state index in [0.29, 0.717) is 38.6 Å². The first-order valence-electron chi connectivity index (χ1n) is 7.18. The van der Waals surface area contributed by atoms with E-state index < -0.39 is 11.8 Å². The molecule has 1 aromatic rings. The van der Waals surface area contributed by atoms with E-state index in [4.69, 9.17) is 9.47 Å². The van der Waals surface area contributed by atoms with Gasteiger partial charge in [0, 0.05) is 18.8 Å². The van der Waals surface area contributed by atoms with Crippen molar-refractivity contribution in [1.29, 1.82) is 0 Å². The van der Waals surface area contributed by atoms with Crippen LogP contribution in [0.15, 0.2) is 18.2 Å². The van der Waals surface area contributed by atoms with Gasteiger partial charge in [-0.05, 0) is 25.1 Å². The van der Waals surface area contributed by atoms with Crippen LogP contribution in [0.1, 0.15) is 17.3 Å². The average molecular weight is 310 g/mol. The van der Waals surface area contributed by atoms with Gasteiger partial charge in [-0.1, -0.05) is 0 Å². The molecule has 1 aliphatic heterocycles. The Bertz CT molecular complexity index is 544. The second-order valence-corrected chi connectivity index (χ2v) is 4.76. The van der Waals surface area contributed by atoms with E-state index in [-0.39, 0.29) is 18.0 Å². The van der Waals surface area contributed by atoms with Gasteiger partial charge in [0.25, 0.3) is 5.91 Å². The standard InChI is InChI=1S/C15H19FN2O4/c1-2-22-14(19)10-17-11-3-4-12(13(16)9-11)15(20)18-5-7-21-8-6-18/h3-4,9,17H,2,5-8,10H2,1H3. The number of hydrogen-bond donors (Lipinski definition) is 1. The topological polar surface area (TPSA) is 67.9 Å². The SMILES string of the molecule is CCOC(=O)CNc1ccc(C(=O)N2CCOCC2)c(F)c1. The first kappa shape index (κ1) is 16.2. The van der Waals surface area contributed by atoms with Gasteiger partial charge in [0.1, 0.15) is 12.4 Å². The van der Waals surface area contributed by atoms with Crippen LogP contribution in [0.25, 0.3) is 0 Å². The van der Waals surface area contributed by atoms with Crippen LogP contribution in [0.4, 0.5) is 10.1 Å². The van der Waals surface area contributed by atoms with E-state index >= 15 is 0 Å².